The maximum Gasteiger partial charge on any atom is 0.242 e. The van der Waals surface area contributed by atoms with Crippen LogP contribution in [0, 0.1) is 5.82 Å². The van der Waals surface area contributed by atoms with Crippen molar-refractivity contribution in [3.8, 4) is 11.4 Å². The highest BCUT2D eigenvalue weighted by Gasteiger charge is 2.17. The van der Waals surface area contributed by atoms with Crippen LogP contribution in [0.25, 0.3) is 22.4 Å². The Morgan fingerprint density at radius 1 is 0.964 bits per heavy atom. The second kappa shape index (κ2) is 7.64. The summed E-state index contributed by atoms with van der Waals surface area (Å²) >= 11 is 0. The van der Waals surface area contributed by atoms with Crippen LogP contribution < -0.4 is 0 Å². The van der Waals surface area contributed by atoms with Gasteiger partial charge < -0.3 is 9.47 Å². The number of halogens is 1. The van der Waals surface area contributed by atoms with Crippen molar-refractivity contribution in [2.45, 2.75) is 13.1 Å². The van der Waals surface area contributed by atoms with Crippen LogP contribution >= 0.6 is 0 Å². The number of fused-ring (bicyclic) bond motifs is 1. The highest BCUT2D eigenvalue weighted by atomic mass is 19.1. The van der Waals surface area contributed by atoms with Gasteiger partial charge in [-0.2, -0.15) is 0 Å². The van der Waals surface area contributed by atoms with E-state index in [4.69, 9.17) is 0 Å². The number of imidazole rings is 1. The van der Waals surface area contributed by atoms with E-state index in [-0.39, 0.29) is 18.3 Å². The van der Waals surface area contributed by atoms with Gasteiger partial charge in [-0.05, 0) is 42.0 Å². The quantitative estimate of drug-likeness (QED) is 0.517. The van der Waals surface area contributed by atoms with Crippen molar-refractivity contribution in [1.29, 1.82) is 0 Å². The first-order valence-corrected chi connectivity index (χ1v) is 9.11. The minimum atomic E-state index is -0.301. The molecule has 1 aromatic heterocycles. The molecule has 4 rings (SSSR count). The molecule has 0 bridgehead atoms. The van der Waals surface area contributed by atoms with Gasteiger partial charge in [0.1, 0.15) is 18.2 Å². The molecule has 0 fully saturated rings. The Morgan fingerprint density at radius 3 is 2.39 bits per heavy atom. The van der Waals surface area contributed by atoms with Gasteiger partial charge in [0.25, 0.3) is 0 Å². The molecule has 0 saturated heterocycles. The molecule has 0 saturated carbocycles. The predicted molar refractivity (Wildman–Crippen MR) is 108 cm³/mol. The second-order valence-corrected chi connectivity index (χ2v) is 6.75. The number of benzene rings is 3. The monoisotopic (exact) mass is 373 g/mol. The van der Waals surface area contributed by atoms with Crippen LogP contribution in [0.5, 0.6) is 0 Å². The highest BCUT2D eigenvalue weighted by molar-refractivity contribution is 5.84. The fraction of sp³-hybridized carbons (Fsp3) is 0.130. The van der Waals surface area contributed by atoms with Gasteiger partial charge in [0, 0.05) is 19.2 Å². The van der Waals surface area contributed by atoms with Crippen molar-refractivity contribution in [1.82, 2.24) is 14.5 Å². The number of hydrogen-bond acceptors (Lipinski definition) is 2. The van der Waals surface area contributed by atoms with E-state index in [1.807, 2.05) is 59.2 Å². The SMILES string of the molecule is CN(Cc1ccccc1)C(=O)Cn1c(-c2ccc(F)cc2)nc2ccccc21. The van der Waals surface area contributed by atoms with Crippen molar-refractivity contribution in [3.63, 3.8) is 0 Å². The van der Waals surface area contributed by atoms with Crippen LogP contribution in [-0.2, 0) is 17.9 Å². The zero-order chi connectivity index (χ0) is 19.5. The number of nitrogens with zero attached hydrogens (tertiary/aromatic N) is 3. The molecule has 1 amide bonds. The van der Waals surface area contributed by atoms with E-state index in [9.17, 15) is 9.18 Å². The molecule has 4 aromatic rings. The third-order valence-electron chi connectivity index (χ3n) is 4.74. The van der Waals surface area contributed by atoms with Gasteiger partial charge in [-0.25, -0.2) is 9.37 Å². The van der Waals surface area contributed by atoms with E-state index >= 15 is 0 Å². The molecule has 3 aromatic carbocycles. The first-order valence-electron chi connectivity index (χ1n) is 9.11. The average Bonchev–Trinajstić information content (AvgIpc) is 3.08. The number of hydrogen-bond donors (Lipinski definition) is 0. The number of rotatable bonds is 5. The molecule has 0 aliphatic heterocycles. The number of carbonyl (C=O) groups is 1. The third kappa shape index (κ3) is 3.64. The van der Waals surface area contributed by atoms with Crippen molar-refractivity contribution in [2.24, 2.45) is 0 Å². The van der Waals surface area contributed by atoms with Gasteiger partial charge in [-0.15, -0.1) is 0 Å². The first-order chi connectivity index (χ1) is 13.6. The zero-order valence-electron chi connectivity index (χ0n) is 15.5. The van der Waals surface area contributed by atoms with Gasteiger partial charge in [0.15, 0.2) is 0 Å². The van der Waals surface area contributed by atoms with Crippen molar-refractivity contribution < 1.29 is 9.18 Å². The lowest BCUT2D eigenvalue weighted by atomic mass is 10.2. The molecule has 0 aliphatic carbocycles. The Hall–Kier alpha value is -3.47. The largest absolute Gasteiger partial charge is 0.340 e. The van der Waals surface area contributed by atoms with E-state index < -0.39 is 0 Å². The third-order valence-corrected chi connectivity index (χ3v) is 4.74. The molecule has 28 heavy (non-hydrogen) atoms. The summed E-state index contributed by atoms with van der Waals surface area (Å²) in [5.74, 6) is 0.336. The number of likely N-dealkylation sites (N-methyl/N-ethyl adjacent to an activating group) is 1. The average molecular weight is 373 g/mol. The molecule has 0 unspecified atom stereocenters. The molecule has 140 valence electrons. The van der Waals surface area contributed by atoms with Gasteiger partial charge >= 0.3 is 0 Å². The molecule has 0 spiro atoms. The fourth-order valence-electron chi connectivity index (χ4n) is 3.26. The summed E-state index contributed by atoms with van der Waals surface area (Å²) < 4.78 is 15.2. The molecular formula is C23H20FN3O. The molecule has 0 radical (unpaired) electrons. The predicted octanol–water partition coefficient (Wildman–Crippen LogP) is 4.50. The number of aromatic nitrogens is 2. The van der Waals surface area contributed by atoms with Gasteiger partial charge in [-0.1, -0.05) is 42.5 Å². The van der Waals surface area contributed by atoms with Crippen molar-refractivity contribution >= 4 is 16.9 Å². The van der Waals surface area contributed by atoms with E-state index in [0.29, 0.717) is 12.4 Å². The van der Waals surface area contributed by atoms with E-state index in [1.165, 1.54) is 12.1 Å². The lowest BCUT2D eigenvalue weighted by Crippen LogP contribution is -2.30. The maximum absolute atomic E-state index is 13.3. The molecule has 5 heteroatoms. The zero-order valence-corrected chi connectivity index (χ0v) is 15.5. The summed E-state index contributed by atoms with van der Waals surface area (Å²) in [4.78, 5) is 19.3. The first kappa shape index (κ1) is 17.9. The number of amides is 1. The second-order valence-electron chi connectivity index (χ2n) is 6.75. The van der Waals surface area contributed by atoms with Crippen LogP contribution in [0.15, 0.2) is 78.9 Å². The summed E-state index contributed by atoms with van der Waals surface area (Å²) in [7, 11) is 1.80. The summed E-state index contributed by atoms with van der Waals surface area (Å²) in [5.41, 5.74) is 3.53. The number of para-hydroxylation sites is 2. The highest BCUT2D eigenvalue weighted by Crippen LogP contribution is 2.25. The van der Waals surface area contributed by atoms with Crippen molar-refractivity contribution in [3.05, 3.63) is 90.2 Å². The molecule has 0 N–H and O–H groups in total. The lowest BCUT2D eigenvalue weighted by molar-refractivity contribution is -0.130. The van der Waals surface area contributed by atoms with E-state index in [2.05, 4.69) is 4.98 Å². The van der Waals surface area contributed by atoms with Crippen LogP contribution in [0.3, 0.4) is 0 Å². The summed E-state index contributed by atoms with van der Waals surface area (Å²) in [5, 5.41) is 0. The Bertz CT molecular complexity index is 1100. The molecule has 4 nitrogen and oxygen atoms in total. The van der Waals surface area contributed by atoms with Crippen LogP contribution in [0.2, 0.25) is 0 Å². The molecule has 1 heterocycles. The fourth-order valence-corrected chi connectivity index (χ4v) is 3.26. The minimum absolute atomic E-state index is 0.0182. The summed E-state index contributed by atoms with van der Waals surface area (Å²) in [6.07, 6.45) is 0. The van der Waals surface area contributed by atoms with Crippen LogP contribution in [0.4, 0.5) is 4.39 Å². The van der Waals surface area contributed by atoms with Gasteiger partial charge in [0.2, 0.25) is 5.91 Å². The lowest BCUT2D eigenvalue weighted by Gasteiger charge is -2.19. The summed E-state index contributed by atoms with van der Waals surface area (Å²) in [6.45, 7) is 0.703. The maximum atomic E-state index is 13.3. The van der Waals surface area contributed by atoms with Crippen LogP contribution in [-0.4, -0.2) is 27.4 Å². The smallest absolute Gasteiger partial charge is 0.242 e. The Morgan fingerprint density at radius 2 is 1.64 bits per heavy atom. The summed E-state index contributed by atoms with van der Waals surface area (Å²) in [6, 6.07) is 23.8. The Kier molecular flexibility index (Phi) is 4.89. The topological polar surface area (TPSA) is 38.1 Å². The van der Waals surface area contributed by atoms with Crippen LogP contribution in [0.1, 0.15) is 5.56 Å². The Balaban J connectivity index is 1.66. The normalized spacial score (nSPS) is 10.9. The van der Waals surface area contributed by atoms with Gasteiger partial charge in [-0.3, -0.25) is 4.79 Å². The van der Waals surface area contributed by atoms with Gasteiger partial charge in [0.05, 0.1) is 11.0 Å². The number of carbonyl (C=O) groups excluding carboxylic acids is 1. The molecule has 0 atom stereocenters. The Labute approximate surface area is 162 Å². The molecular weight excluding hydrogens is 353 g/mol. The van der Waals surface area contributed by atoms with E-state index in [1.54, 1.807) is 24.1 Å². The standard InChI is InChI=1S/C23H20FN3O/c1-26(15-17-7-3-2-4-8-17)22(28)16-27-21-10-6-5-9-20(21)25-23(27)18-11-13-19(24)14-12-18/h2-14H,15-16H2,1H3. The minimum Gasteiger partial charge on any atom is -0.340 e. The molecule has 0 aliphatic rings. The van der Waals surface area contributed by atoms with Crippen molar-refractivity contribution in [2.75, 3.05) is 7.05 Å². The van der Waals surface area contributed by atoms with E-state index in [0.717, 1.165) is 22.2 Å².